The molecule has 8 nitrogen and oxygen atoms in total. The highest BCUT2D eigenvalue weighted by Crippen LogP contribution is 2.33. The van der Waals surface area contributed by atoms with Gasteiger partial charge in [-0.1, -0.05) is 11.6 Å². The minimum absolute atomic E-state index is 0.322. The number of aromatic nitrogens is 2. The number of aliphatic imine (C=N–C) groups is 1. The average Bonchev–Trinajstić information content (AvgIpc) is 3.35. The van der Waals surface area contributed by atoms with Gasteiger partial charge in [-0.2, -0.15) is 4.99 Å². The molecule has 0 bridgehead atoms. The summed E-state index contributed by atoms with van der Waals surface area (Å²) in [4.78, 5) is 25.1. The van der Waals surface area contributed by atoms with Crippen LogP contribution in [0.15, 0.2) is 22.6 Å². The van der Waals surface area contributed by atoms with Crippen molar-refractivity contribution in [2.75, 3.05) is 36.9 Å². The van der Waals surface area contributed by atoms with E-state index in [1.165, 1.54) is 0 Å². The Balaban J connectivity index is 1.24. The second-order valence-corrected chi connectivity index (χ2v) is 12.2. The summed E-state index contributed by atoms with van der Waals surface area (Å²) in [5.74, 6) is 2.31. The zero-order valence-corrected chi connectivity index (χ0v) is 23.5. The van der Waals surface area contributed by atoms with Gasteiger partial charge in [-0.05, 0) is 83.1 Å². The zero-order chi connectivity index (χ0) is 26.3. The Morgan fingerprint density at radius 2 is 1.86 bits per heavy atom. The summed E-state index contributed by atoms with van der Waals surface area (Å²) in [5, 5.41) is 10.5. The number of carbonyl (C=O) groups is 1. The Labute approximate surface area is 228 Å². The second-order valence-electron chi connectivity index (χ2n) is 10.9. The van der Waals surface area contributed by atoms with E-state index in [-0.39, 0.29) is 0 Å². The third-order valence-electron chi connectivity index (χ3n) is 6.77. The van der Waals surface area contributed by atoms with Crippen molar-refractivity contribution in [3.63, 3.8) is 0 Å². The van der Waals surface area contributed by atoms with Crippen LogP contribution in [-0.4, -0.2) is 54.2 Å². The number of thiazole rings is 1. The smallest absolute Gasteiger partial charge is 0.433 e. The number of hydrogen-bond donors (Lipinski definition) is 2. The lowest BCUT2D eigenvalue weighted by Crippen LogP contribution is -2.24. The lowest BCUT2D eigenvalue weighted by Gasteiger charge is -2.26. The van der Waals surface area contributed by atoms with Crippen molar-refractivity contribution in [3.05, 3.63) is 22.7 Å². The molecule has 0 spiro atoms. The SMILES string of the molecule is CC(C)(C)OC(=O)N=CC1CCC(CNc2cc(-c3csc(NCC4CCOCC4)n3)c(Cl)cn2)CC1. The maximum absolute atomic E-state index is 11.8. The number of anilines is 2. The summed E-state index contributed by atoms with van der Waals surface area (Å²) >= 11 is 8.09. The molecule has 3 heterocycles. The van der Waals surface area contributed by atoms with Crippen molar-refractivity contribution in [1.29, 1.82) is 0 Å². The third-order valence-corrected chi connectivity index (χ3v) is 7.87. The van der Waals surface area contributed by atoms with Crippen LogP contribution >= 0.6 is 22.9 Å². The first-order chi connectivity index (χ1) is 17.7. The molecular formula is C27H38ClN5O3S. The van der Waals surface area contributed by atoms with Gasteiger partial charge in [0.2, 0.25) is 0 Å². The highest BCUT2D eigenvalue weighted by atomic mass is 35.5. The first-order valence-electron chi connectivity index (χ1n) is 13.2. The summed E-state index contributed by atoms with van der Waals surface area (Å²) in [5.41, 5.74) is 1.23. The minimum Gasteiger partial charge on any atom is -0.442 e. The Kier molecular flexibility index (Phi) is 9.78. The number of amides is 1. The molecule has 2 aromatic rings. The van der Waals surface area contributed by atoms with Gasteiger partial charge in [-0.3, -0.25) is 0 Å². The monoisotopic (exact) mass is 547 g/mol. The van der Waals surface area contributed by atoms with Gasteiger partial charge in [0, 0.05) is 49.7 Å². The first kappa shape index (κ1) is 27.8. The molecule has 2 N–H and O–H groups in total. The third kappa shape index (κ3) is 8.93. The van der Waals surface area contributed by atoms with Gasteiger partial charge in [-0.25, -0.2) is 14.8 Å². The molecule has 1 saturated heterocycles. The van der Waals surface area contributed by atoms with Gasteiger partial charge >= 0.3 is 6.09 Å². The summed E-state index contributed by atoms with van der Waals surface area (Å²) in [6.45, 7) is 9.00. The molecule has 0 radical (unpaired) electrons. The van der Waals surface area contributed by atoms with Gasteiger partial charge in [0.05, 0.1) is 10.7 Å². The fourth-order valence-corrected chi connectivity index (χ4v) is 5.56. The summed E-state index contributed by atoms with van der Waals surface area (Å²) < 4.78 is 10.7. The van der Waals surface area contributed by atoms with Crippen molar-refractivity contribution in [2.24, 2.45) is 22.7 Å². The van der Waals surface area contributed by atoms with Crippen molar-refractivity contribution in [1.82, 2.24) is 9.97 Å². The van der Waals surface area contributed by atoms with Crippen molar-refractivity contribution >= 4 is 46.2 Å². The molecule has 202 valence electrons. The Hall–Kier alpha value is -2.23. The number of nitrogens with zero attached hydrogens (tertiary/aromatic N) is 3. The van der Waals surface area contributed by atoms with Crippen LogP contribution in [0.4, 0.5) is 15.7 Å². The number of rotatable bonds is 8. The number of halogens is 1. The van der Waals surface area contributed by atoms with Crippen LogP contribution in [0, 0.1) is 17.8 Å². The molecule has 1 saturated carbocycles. The molecule has 1 aliphatic heterocycles. The van der Waals surface area contributed by atoms with Crippen LogP contribution in [0.3, 0.4) is 0 Å². The number of ether oxygens (including phenoxy) is 2. The Morgan fingerprint density at radius 3 is 2.59 bits per heavy atom. The average molecular weight is 548 g/mol. The lowest BCUT2D eigenvalue weighted by atomic mass is 9.82. The van der Waals surface area contributed by atoms with Crippen LogP contribution < -0.4 is 10.6 Å². The number of carbonyl (C=O) groups excluding carboxylic acids is 1. The highest BCUT2D eigenvalue weighted by molar-refractivity contribution is 7.14. The summed E-state index contributed by atoms with van der Waals surface area (Å²) in [7, 11) is 0. The molecule has 0 atom stereocenters. The predicted octanol–water partition coefficient (Wildman–Crippen LogP) is 6.92. The van der Waals surface area contributed by atoms with Gasteiger partial charge in [0.15, 0.2) is 5.13 Å². The molecule has 4 rings (SSSR count). The fraction of sp³-hybridized carbons (Fsp3) is 0.630. The van der Waals surface area contributed by atoms with E-state index in [4.69, 9.17) is 26.1 Å². The normalized spacial score (nSPS) is 21.2. The maximum atomic E-state index is 11.8. The van der Waals surface area contributed by atoms with Crippen LogP contribution in [0.5, 0.6) is 0 Å². The summed E-state index contributed by atoms with van der Waals surface area (Å²) in [6, 6.07) is 1.98. The number of pyridine rings is 1. The molecule has 2 aliphatic rings. The van der Waals surface area contributed by atoms with Gasteiger partial charge in [0.1, 0.15) is 11.4 Å². The largest absolute Gasteiger partial charge is 0.442 e. The molecule has 10 heteroatoms. The topological polar surface area (TPSA) is 97.7 Å². The van der Waals surface area contributed by atoms with E-state index in [1.807, 2.05) is 32.2 Å². The minimum atomic E-state index is -0.517. The quantitative estimate of drug-likeness (QED) is 0.346. The maximum Gasteiger partial charge on any atom is 0.433 e. The van der Waals surface area contributed by atoms with Crippen molar-refractivity contribution in [2.45, 2.75) is 64.9 Å². The molecule has 0 aromatic carbocycles. The second kappa shape index (κ2) is 13.0. The molecule has 1 amide bonds. The lowest BCUT2D eigenvalue weighted by molar-refractivity contribution is 0.0604. The first-order valence-corrected chi connectivity index (χ1v) is 14.4. The van der Waals surface area contributed by atoms with E-state index in [0.29, 0.717) is 22.8 Å². The molecule has 37 heavy (non-hydrogen) atoms. The number of hydrogen-bond acceptors (Lipinski definition) is 8. The van der Waals surface area contributed by atoms with E-state index >= 15 is 0 Å². The van der Waals surface area contributed by atoms with E-state index < -0.39 is 11.7 Å². The zero-order valence-electron chi connectivity index (χ0n) is 22.0. The molecule has 1 aliphatic carbocycles. The Morgan fingerprint density at radius 1 is 1.16 bits per heavy atom. The van der Waals surface area contributed by atoms with Crippen molar-refractivity contribution in [3.8, 4) is 11.3 Å². The van der Waals surface area contributed by atoms with E-state index in [0.717, 1.165) is 87.0 Å². The van der Waals surface area contributed by atoms with Crippen LogP contribution in [-0.2, 0) is 9.47 Å². The van der Waals surface area contributed by atoms with Gasteiger partial charge in [-0.15, -0.1) is 11.3 Å². The molecule has 0 unspecified atom stereocenters. The highest BCUT2D eigenvalue weighted by Gasteiger charge is 2.22. The number of nitrogens with one attached hydrogen (secondary N) is 2. The molecule has 2 fully saturated rings. The van der Waals surface area contributed by atoms with Gasteiger partial charge in [0.25, 0.3) is 0 Å². The van der Waals surface area contributed by atoms with E-state index in [2.05, 4.69) is 20.6 Å². The molecule has 2 aromatic heterocycles. The van der Waals surface area contributed by atoms with E-state index in [9.17, 15) is 4.79 Å². The van der Waals surface area contributed by atoms with Crippen LogP contribution in [0.25, 0.3) is 11.3 Å². The van der Waals surface area contributed by atoms with Crippen LogP contribution in [0.1, 0.15) is 59.3 Å². The van der Waals surface area contributed by atoms with Gasteiger partial charge < -0.3 is 20.1 Å². The van der Waals surface area contributed by atoms with Crippen molar-refractivity contribution < 1.29 is 14.3 Å². The molecular weight excluding hydrogens is 510 g/mol. The Bertz CT molecular complexity index is 1060. The summed E-state index contributed by atoms with van der Waals surface area (Å²) in [6.07, 6.45) is 9.32. The van der Waals surface area contributed by atoms with E-state index in [1.54, 1.807) is 23.7 Å². The standard InChI is InChI=1S/C27H38ClN5O3S/c1-27(2,3)36-26(34)32-15-19-6-4-18(5-7-19)13-29-24-12-21(22(28)16-30-24)23-17-37-25(33-23)31-14-20-8-10-35-11-9-20/h12,15-20H,4-11,13-14H2,1-3H3,(H,29,30)(H,31,33). The fourth-order valence-electron chi connectivity index (χ4n) is 4.64. The predicted molar refractivity (Wildman–Crippen MR) is 151 cm³/mol. The van der Waals surface area contributed by atoms with Crippen LogP contribution in [0.2, 0.25) is 5.02 Å².